The van der Waals surface area contributed by atoms with Gasteiger partial charge >= 0.3 is 0 Å². The molecular weight excluding hydrogens is 474 g/mol. The molecule has 0 aliphatic carbocycles. The summed E-state index contributed by atoms with van der Waals surface area (Å²) < 4.78 is 8.07. The maximum absolute atomic E-state index is 6.37. The van der Waals surface area contributed by atoms with Crippen LogP contribution in [0.2, 0.25) is 0 Å². The van der Waals surface area contributed by atoms with Gasteiger partial charge in [0.2, 0.25) is 5.88 Å². The Morgan fingerprint density at radius 1 is 0.895 bits per heavy atom. The van der Waals surface area contributed by atoms with Crippen LogP contribution in [0.1, 0.15) is 40.9 Å². The van der Waals surface area contributed by atoms with Crippen LogP contribution in [0.15, 0.2) is 109 Å². The van der Waals surface area contributed by atoms with Crippen molar-refractivity contribution in [3.63, 3.8) is 0 Å². The topological polar surface area (TPSA) is 73.9 Å². The molecule has 0 spiro atoms. The molecule has 0 saturated heterocycles. The number of aromatic nitrogens is 4. The van der Waals surface area contributed by atoms with Crippen molar-refractivity contribution in [1.29, 1.82) is 0 Å². The number of hydrogen-bond acceptors (Lipinski definition) is 6. The van der Waals surface area contributed by atoms with Gasteiger partial charge in [0.15, 0.2) is 18.1 Å². The average Bonchev–Trinajstić information content (AvgIpc) is 3.40. The molecule has 1 aliphatic heterocycles. The maximum atomic E-state index is 6.37. The fraction of sp³-hybridized carbons (Fsp3) is 0.0968. The summed E-state index contributed by atoms with van der Waals surface area (Å²) in [5, 5.41) is 11.2. The maximum Gasteiger partial charge on any atom is 0.228 e. The lowest BCUT2D eigenvalue weighted by atomic mass is 9.81. The second kappa shape index (κ2) is 9.12. The van der Waals surface area contributed by atoms with Crippen molar-refractivity contribution in [2.24, 2.45) is 5.16 Å². The highest BCUT2D eigenvalue weighted by Gasteiger charge is 2.34. The van der Waals surface area contributed by atoms with Crippen LogP contribution in [0.5, 0.6) is 11.6 Å². The Kier molecular flexibility index (Phi) is 5.32. The number of rotatable bonds is 5. The Bertz CT molecular complexity index is 1810. The Morgan fingerprint density at radius 2 is 1.66 bits per heavy atom. The summed E-state index contributed by atoms with van der Waals surface area (Å²) in [6.07, 6.45) is 1.64. The van der Waals surface area contributed by atoms with E-state index in [-0.39, 0.29) is 12.5 Å². The SMILES string of the molecule is C/C(=N\OCc1nc2c3c(ncn2n1)Oc1ccc2ccccc2c1[C@H]3c1ccccc1)c1ccccc1. The first-order chi connectivity index (χ1) is 18.8. The molecule has 0 saturated carbocycles. The van der Waals surface area contributed by atoms with Crippen molar-refractivity contribution in [3.05, 3.63) is 131 Å². The molecule has 7 heteroatoms. The summed E-state index contributed by atoms with van der Waals surface area (Å²) in [6.45, 7) is 2.05. The van der Waals surface area contributed by atoms with E-state index in [2.05, 4.69) is 69.8 Å². The number of nitrogens with zero attached hydrogens (tertiary/aromatic N) is 5. The molecule has 7 rings (SSSR count). The smallest absolute Gasteiger partial charge is 0.228 e. The van der Waals surface area contributed by atoms with E-state index >= 15 is 0 Å². The zero-order chi connectivity index (χ0) is 25.5. The number of ether oxygens (including phenoxy) is 1. The van der Waals surface area contributed by atoms with Gasteiger partial charge in [-0.3, -0.25) is 0 Å². The summed E-state index contributed by atoms with van der Waals surface area (Å²) in [7, 11) is 0. The van der Waals surface area contributed by atoms with Crippen LogP contribution in [0.25, 0.3) is 16.4 Å². The van der Waals surface area contributed by atoms with Crippen molar-refractivity contribution in [3.8, 4) is 11.6 Å². The molecule has 4 aromatic carbocycles. The largest absolute Gasteiger partial charge is 0.438 e. The van der Waals surface area contributed by atoms with Crippen LogP contribution >= 0.6 is 0 Å². The molecule has 1 atom stereocenters. The van der Waals surface area contributed by atoms with E-state index < -0.39 is 0 Å². The van der Waals surface area contributed by atoms with Gasteiger partial charge in [0.25, 0.3) is 0 Å². The van der Waals surface area contributed by atoms with Crippen molar-refractivity contribution >= 4 is 22.1 Å². The van der Waals surface area contributed by atoms with Crippen molar-refractivity contribution < 1.29 is 9.57 Å². The van der Waals surface area contributed by atoms with Gasteiger partial charge in [-0.25, -0.2) is 14.5 Å². The third kappa shape index (κ3) is 3.76. The molecule has 2 aromatic heterocycles. The molecule has 38 heavy (non-hydrogen) atoms. The van der Waals surface area contributed by atoms with E-state index in [1.165, 1.54) is 0 Å². The van der Waals surface area contributed by atoms with Crippen LogP contribution in [0.4, 0.5) is 0 Å². The monoisotopic (exact) mass is 497 g/mol. The van der Waals surface area contributed by atoms with Gasteiger partial charge in [-0.1, -0.05) is 96.2 Å². The zero-order valence-electron chi connectivity index (χ0n) is 20.7. The lowest BCUT2D eigenvalue weighted by Gasteiger charge is -2.29. The van der Waals surface area contributed by atoms with E-state index in [4.69, 9.17) is 14.6 Å². The van der Waals surface area contributed by atoms with Gasteiger partial charge < -0.3 is 9.57 Å². The lowest BCUT2D eigenvalue weighted by molar-refractivity contribution is 0.125. The van der Waals surface area contributed by atoms with Crippen molar-refractivity contribution in [1.82, 2.24) is 19.6 Å². The minimum absolute atomic E-state index is 0.131. The molecule has 6 aromatic rings. The minimum atomic E-state index is -0.131. The molecule has 184 valence electrons. The van der Waals surface area contributed by atoms with Gasteiger partial charge in [0.1, 0.15) is 12.1 Å². The highest BCUT2D eigenvalue weighted by molar-refractivity contribution is 5.98. The third-order valence-corrected chi connectivity index (χ3v) is 6.87. The molecule has 0 unspecified atom stereocenters. The first-order valence-corrected chi connectivity index (χ1v) is 12.5. The highest BCUT2D eigenvalue weighted by atomic mass is 16.6. The Morgan fingerprint density at radius 3 is 2.50 bits per heavy atom. The first-order valence-electron chi connectivity index (χ1n) is 12.5. The summed E-state index contributed by atoms with van der Waals surface area (Å²) in [5.41, 5.74) is 5.58. The summed E-state index contributed by atoms with van der Waals surface area (Å²) >= 11 is 0. The number of oxime groups is 1. The normalized spacial score (nSPS) is 14.7. The Labute approximate surface area is 219 Å². The van der Waals surface area contributed by atoms with E-state index in [0.29, 0.717) is 17.4 Å². The van der Waals surface area contributed by atoms with Crippen LogP contribution in [0.3, 0.4) is 0 Å². The highest BCUT2D eigenvalue weighted by Crippen LogP contribution is 2.50. The van der Waals surface area contributed by atoms with Gasteiger partial charge in [-0.2, -0.15) is 0 Å². The molecule has 3 heterocycles. The van der Waals surface area contributed by atoms with Crippen LogP contribution in [0, 0.1) is 0 Å². The number of hydrogen-bond donors (Lipinski definition) is 0. The Balaban J connectivity index is 1.33. The second-order valence-corrected chi connectivity index (χ2v) is 9.22. The Hall–Kier alpha value is -5.04. The third-order valence-electron chi connectivity index (χ3n) is 6.87. The molecule has 1 aliphatic rings. The second-order valence-electron chi connectivity index (χ2n) is 9.22. The summed E-state index contributed by atoms with van der Waals surface area (Å²) in [4.78, 5) is 15.1. The molecule has 0 amide bonds. The fourth-order valence-electron chi connectivity index (χ4n) is 5.11. The molecule has 7 nitrogen and oxygen atoms in total. The standard InChI is InChI=1S/C31H23N5O2/c1-20(21-10-4-2-5-11-21)35-37-18-26-33-30-29-27(23-13-6-3-7-14-23)28-24-15-9-8-12-22(24)16-17-25(28)38-31(29)32-19-36(30)34-26/h2-17,19,27H,18H2,1H3/b35-20+/t27-/m1/s1. The van der Waals surface area contributed by atoms with E-state index in [9.17, 15) is 0 Å². The van der Waals surface area contributed by atoms with Crippen molar-refractivity contribution in [2.75, 3.05) is 0 Å². The average molecular weight is 498 g/mol. The molecule has 0 fully saturated rings. The van der Waals surface area contributed by atoms with E-state index in [1.807, 2.05) is 49.4 Å². The van der Waals surface area contributed by atoms with E-state index in [0.717, 1.165) is 44.5 Å². The van der Waals surface area contributed by atoms with E-state index in [1.54, 1.807) is 10.8 Å². The number of fused-ring (bicyclic) bond motifs is 6. The predicted octanol–water partition coefficient (Wildman–Crippen LogP) is 6.50. The fourth-order valence-corrected chi connectivity index (χ4v) is 5.11. The quantitative estimate of drug-likeness (QED) is 0.200. The van der Waals surface area contributed by atoms with Crippen LogP contribution in [-0.4, -0.2) is 25.3 Å². The first kappa shape index (κ1) is 22.2. The van der Waals surface area contributed by atoms with Gasteiger partial charge in [0, 0.05) is 11.5 Å². The summed E-state index contributed by atoms with van der Waals surface area (Å²) in [6, 6.07) is 32.8. The molecule has 0 bridgehead atoms. The minimum Gasteiger partial charge on any atom is -0.438 e. The van der Waals surface area contributed by atoms with Gasteiger partial charge in [-0.05, 0) is 34.9 Å². The van der Waals surface area contributed by atoms with Crippen LogP contribution in [-0.2, 0) is 11.4 Å². The predicted molar refractivity (Wildman–Crippen MR) is 146 cm³/mol. The zero-order valence-corrected chi connectivity index (χ0v) is 20.7. The number of benzene rings is 4. The molecular formula is C31H23N5O2. The van der Waals surface area contributed by atoms with Crippen LogP contribution < -0.4 is 4.74 Å². The van der Waals surface area contributed by atoms with Gasteiger partial charge in [0.05, 0.1) is 11.3 Å². The van der Waals surface area contributed by atoms with Gasteiger partial charge in [-0.15, -0.1) is 5.10 Å². The lowest BCUT2D eigenvalue weighted by Crippen LogP contribution is -2.15. The summed E-state index contributed by atoms with van der Waals surface area (Å²) in [5.74, 6) is 1.72. The van der Waals surface area contributed by atoms with Crippen molar-refractivity contribution in [2.45, 2.75) is 19.4 Å². The molecule has 0 radical (unpaired) electrons. The molecule has 0 N–H and O–H groups in total.